The number of nitrogens with one attached hydrogen (secondary N) is 1. The molecule has 0 aliphatic carbocycles. The highest BCUT2D eigenvalue weighted by Crippen LogP contribution is 2.16. The van der Waals surface area contributed by atoms with Gasteiger partial charge >= 0.3 is 0 Å². The van der Waals surface area contributed by atoms with Crippen LogP contribution in [0.25, 0.3) is 0 Å². The topological polar surface area (TPSA) is 51.0 Å². The Morgan fingerprint density at radius 3 is 2.67 bits per heavy atom. The van der Waals surface area contributed by atoms with E-state index in [-0.39, 0.29) is 0 Å². The number of rotatable bonds is 3. The SMILES string of the molecule is Cc1nonc1CNC1CSCCSC1. The van der Waals surface area contributed by atoms with Crippen molar-refractivity contribution >= 4 is 23.5 Å². The average Bonchev–Trinajstić information content (AvgIpc) is 2.53. The van der Waals surface area contributed by atoms with Crippen LogP contribution >= 0.6 is 23.5 Å². The maximum atomic E-state index is 4.66. The molecule has 15 heavy (non-hydrogen) atoms. The van der Waals surface area contributed by atoms with Gasteiger partial charge in [-0.3, -0.25) is 0 Å². The van der Waals surface area contributed by atoms with E-state index in [1.165, 1.54) is 23.0 Å². The Labute approximate surface area is 97.9 Å². The summed E-state index contributed by atoms with van der Waals surface area (Å²) >= 11 is 4.04. The average molecular weight is 245 g/mol. The molecule has 0 spiro atoms. The highest BCUT2D eigenvalue weighted by molar-refractivity contribution is 8.03. The fourth-order valence-electron chi connectivity index (χ4n) is 1.39. The van der Waals surface area contributed by atoms with Crippen LogP contribution in [0.2, 0.25) is 0 Å². The highest BCUT2D eigenvalue weighted by atomic mass is 32.2. The summed E-state index contributed by atoms with van der Waals surface area (Å²) in [5.41, 5.74) is 1.81. The van der Waals surface area contributed by atoms with Crippen molar-refractivity contribution in [1.29, 1.82) is 0 Å². The summed E-state index contributed by atoms with van der Waals surface area (Å²) in [6.45, 7) is 2.69. The first-order valence-electron chi connectivity index (χ1n) is 5.03. The number of aryl methyl sites for hydroxylation is 1. The molecular formula is C9H15N3OS2. The first-order valence-corrected chi connectivity index (χ1v) is 7.34. The van der Waals surface area contributed by atoms with Crippen molar-refractivity contribution in [3.05, 3.63) is 11.4 Å². The van der Waals surface area contributed by atoms with Gasteiger partial charge in [0.05, 0.1) is 0 Å². The van der Waals surface area contributed by atoms with E-state index < -0.39 is 0 Å². The van der Waals surface area contributed by atoms with E-state index >= 15 is 0 Å². The van der Waals surface area contributed by atoms with Gasteiger partial charge in [-0.15, -0.1) is 0 Å². The van der Waals surface area contributed by atoms with E-state index in [1.54, 1.807) is 0 Å². The summed E-state index contributed by atoms with van der Waals surface area (Å²) in [7, 11) is 0. The molecular weight excluding hydrogens is 230 g/mol. The molecule has 0 radical (unpaired) electrons. The van der Waals surface area contributed by atoms with Crippen molar-refractivity contribution in [3.8, 4) is 0 Å². The van der Waals surface area contributed by atoms with Crippen LogP contribution in [0, 0.1) is 6.92 Å². The lowest BCUT2D eigenvalue weighted by atomic mass is 10.3. The number of hydrogen-bond acceptors (Lipinski definition) is 6. The predicted octanol–water partition coefficient (Wildman–Crippen LogP) is 1.32. The van der Waals surface area contributed by atoms with Gasteiger partial charge in [-0.05, 0) is 6.92 Å². The molecule has 2 rings (SSSR count). The fourth-order valence-corrected chi connectivity index (χ4v) is 3.85. The van der Waals surface area contributed by atoms with Crippen LogP contribution in [0.3, 0.4) is 0 Å². The molecule has 1 saturated heterocycles. The van der Waals surface area contributed by atoms with E-state index in [0.717, 1.165) is 17.9 Å². The minimum absolute atomic E-state index is 0.582. The molecule has 1 aromatic heterocycles. The quantitative estimate of drug-likeness (QED) is 0.866. The predicted molar refractivity (Wildman–Crippen MR) is 64.3 cm³/mol. The van der Waals surface area contributed by atoms with Crippen molar-refractivity contribution in [2.75, 3.05) is 23.0 Å². The number of nitrogens with zero attached hydrogens (tertiary/aromatic N) is 2. The van der Waals surface area contributed by atoms with Crippen LogP contribution in [0.4, 0.5) is 0 Å². The zero-order chi connectivity index (χ0) is 10.5. The minimum atomic E-state index is 0.582. The normalized spacial score (nSPS) is 19.0. The summed E-state index contributed by atoms with van der Waals surface area (Å²) < 4.78 is 4.66. The van der Waals surface area contributed by atoms with Crippen molar-refractivity contribution in [2.45, 2.75) is 19.5 Å². The van der Waals surface area contributed by atoms with E-state index in [4.69, 9.17) is 0 Å². The molecule has 1 N–H and O–H groups in total. The van der Waals surface area contributed by atoms with Gasteiger partial charge in [0.25, 0.3) is 0 Å². The Morgan fingerprint density at radius 1 is 1.33 bits per heavy atom. The Kier molecular flexibility index (Phi) is 4.34. The standard InChI is InChI=1S/C9H15N3OS2/c1-7-9(12-13-11-7)4-10-8-5-14-2-3-15-6-8/h8,10H,2-6H2,1H3. The smallest absolute Gasteiger partial charge is 0.121 e. The molecule has 0 amide bonds. The molecule has 0 saturated carbocycles. The highest BCUT2D eigenvalue weighted by Gasteiger charge is 2.13. The Morgan fingerprint density at radius 2 is 2.07 bits per heavy atom. The Hall–Kier alpha value is -0.200. The number of aromatic nitrogens is 2. The van der Waals surface area contributed by atoms with Crippen LogP contribution in [-0.4, -0.2) is 39.4 Å². The molecule has 84 valence electrons. The Balaban J connectivity index is 1.79. The second-order valence-electron chi connectivity index (χ2n) is 3.52. The molecule has 1 aliphatic rings. The maximum absolute atomic E-state index is 4.66. The van der Waals surface area contributed by atoms with Crippen LogP contribution < -0.4 is 5.32 Å². The van der Waals surface area contributed by atoms with Gasteiger partial charge < -0.3 is 5.32 Å². The van der Waals surface area contributed by atoms with E-state index in [0.29, 0.717) is 6.04 Å². The van der Waals surface area contributed by atoms with Crippen LogP contribution in [0.5, 0.6) is 0 Å². The largest absolute Gasteiger partial charge is 0.307 e. The summed E-state index contributed by atoms with van der Waals surface area (Å²) in [6, 6.07) is 0.582. The molecule has 6 heteroatoms. The molecule has 1 aliphatic heterocycles. The second-order valence-corrected chi connectivity index (χ2v) is 5.82. The van der Waals surface area contributed by atoms with E-state index in [1.807, 2.05) is 30.4 Å². The van der Waals surface area contributed by atoms with Gasteiger partial charge in [-0.1, -0.05) is 10.3 Å². The van der Waals surface area contributed by atoms with Crippen LogP contribution in [0.1, 0.15) is 11.4 Å². The van der Waals surface area contributed by atoms with Gasteiger partial charge in [-0.2, -0.15) is 23.5 Å². The third kappa shape index (κ3) is 3.39. The van der Waals surface area contributed by atoms with Gasteiger partial charge in [-0.25, -0.2) is 4.63 Å². The number of thioether (sulfide) groups is 2. The minimum Gasteiger partial charge on any atom is -0.307 e. The van der Waals surface area contributed by atoms with Crippen LogP contribution in [-0.2, 0) is 6.54 Å². The van der Waals surface area contributed by atoms with Crippen molar-refractivity contribution in [2.24, 2.45) is 0 Å². The first kappa shape index (κ1) is 11.3. The van der Waals surface area contributed by atoms with Crippen molar-refractivity contribution < 1.29 is 4.63 Å². The Bertz CT molecular complexity index is 297. The van der Waals surface area contributed by atoms with Gasteiger partial charge in [0, 0.05) is 35.6 Å². The van der Waals surface area contributed by atoms with E-state index in [9.17, 15) is 0 Å². The molecule has 1 aromatic rings. The fraction of sp³-hybridized carbons (Fsp3) is 0.778. The molecule has 0 atom stereocenters. The first-order chi connectivity index (χ1) is 7.36. The van der Waals surface area contributed by atoms with Crippen molar-refractivity contribution in [1.82, 2.24) is 15.6 Å². The summed E-state index contributed by atoms with van der Waals surface area (Å²) in [5, 5.41) is 11.1. The summed E-state index contributed by atoms with van der Waals surface area (Å²) in [6.07, 6.45) is 0. The summed E-state index contributed by atoms with van der Waals surface area (Å²) in [5.74, 6) is 4.93. The third-order valence-electron chi connectivity index (χ3n) is 2.31. The molecule has 0 unspecified atom stereocenters. The molecule has 0 bridgehead atoms. The lowest BCUT2D eigenvalue weighted by Gasteiger charge is -2.13. The number of hydrogen-bond donors (Lipinski definition) is 1. The lowest BCUT2D eigenvalue weighted by Crippen LogP contribution is -2.32. The lowest BCUT2D eigenvalue weighted by molar-refractivity contribution is 0.300. The van der Waals surface area contributed by atoms with Crippen LogP contribution in [0.15, 0.2) is 4.63 Å². The molecule has 4 nitrogen and oxygen atoms in total. The van der Waals surface area contributed by atoms with Gasteiger partial charge in [0.1, 0.15) is 11.4 Å². The second kappa shape index (κ2) is 5.77. The monoisotopic (exact) mass is 245 g/mol. The summed E-state index contributed by atoms with van der Waals surface area (Å²) in [4.78, 5) is 0. The zero-order valence-electron chi connectivity index (χ0n) is 8.73. The maximum Gasteiger partial charge on any atom is 0.121 e. The van der Waals surface area contributed by atoms with Gasteiger partial charge in [0.2, 0.25) is 0 Å². The van der Waals surface area contributed by atoms with Gasteiger partial charge in [0.15, 0.2) is 0 Å². The van der Waals surface area contributed by atoms with Crippen molar-refractivity contribution in [3.63, 3.8) is 0 Å². The molecule has 1 fully saturated rings. The molecule has 2 heterocycles. The third-order valence-corrected chi connectivity index (χ3v) is 4.83. The van der Waals surface area contributed by atoms with E-state index in [2.05, 4.69) is 20.3 Å². The molecule has 0 aromatic carbocycles. The zero-order valence-corrected chi connectivity index (χ0v) is 10.4.